The zero-order valence-electron chi connectivity index (χ0n) is 10.9. The van der Waals surface area contributed by atoms with Gasteiger partial charge in [-0.25, -0.2) is 0 Å². The summed E-state index contributed by atoms with van der Waals surface area (Å²) < 4.78 is 13.1. The molecule has 3 heteroatoms. The van der Waals surface area contributed by atoms with Crippen molar-refractivity contribution in [3.63, 3.8) is 0 Å². The Morgan fingerprint density at radius 1 is 0.619 bits per heavy atom. The quantitative estimate of drug-likeness (QED) is 0.302. The van der Waals surface area contributed by atoms with Gasteiger partial charge in [0.05, 0.1) is 3.57 Å². The van der Waals surface area contributed by atoms with Crippen LogP contribution in [0.3, 0.4) is 0 Å². The maximum Gasteiger partial charge on any atom is 0.148 e. The fourth-order valence-corrected chi connectivity index (χ4v) is 3.59. The zero-order valence-corrected chi connectivity index (χ0v) is 13.0. The van der Waals surface area contributed by atoms with E-state index in [4.69, 9.17) is 8.83 Å². The number of fused-ring (bicyclic) bond motifs is 6. The predicted molar refractivity (Wildman–Crippen MR) is 93.7 cm³/mol. The van der Waals surface area contributed by atoms with Crippen LogP contribution in [0.25, 0.3) is 43.9 Å². The van der Waals surface area contributed by atoms with Gasteiger partial charge in [0.25, 0.3) is 0 Å². The number of benzene rings is 3. The van der Waals surface area contributed by atoms with Crippen molar-refractivity contribution < 1.29 is 8.83 Å². The number of para-hydroxylation sites is 2. The van der Waals surface area contributed by atoms with E-state index in [9.17, 15) is 0 Å². The minimum atomic E-state index is 0.873. The molecule has 21 heavy (non-hydrogen) atoms. The highest BCUT2D eigenvalue weighted by Gasteiger charge is 2.13. The number of furan rings is 2. The molecule has 3 aromatic carbocycles. The highest BCUT2D eigenvalue weighted by Crippen LogP contribution is 2.37. The molecule has 0 aliphatic heterocycles. The first-order chi connectivity index (χ1) is 10.3. The minimum absolute atomic E-state index is 0.873. The molecule has 0 aliphatic carbocycles. The van der Waals surface area contributed by atoms with Gasteiger partial charge in [-0.15, -0.1) is 0 Å². The summed E-state index contributed by atoms with van der Waals surface area (Å²) in [5, 5.41) is 4.58. The fraction of sp³-hybridized carbons (Fsp3) is 0. The second kappa shape index (κ2) is 4.01. The molecule has 100 valence electrons. The van der Waals surface area contributed by atoms with E-state index in [-0.39, 0.29) is 0 Å². The molecule has 0 N–H and O–H groups in total. The lowest BCUT2D eigenvalue weighted by Crippen LogP contribution is -1.71. The maximum atomic E-state index is 6.02. The van der Waals surface area contributed by atoms with Crippen molar-refractivity contribution in [3.05, 3.63) is 58.2 Å². The van der Waals surface area contributed by atoms with Crippen LogP contribution in [0.4, 0.5) is 0 Å². The lowest BCUT2D eigenvalue weighted by Gasteiger charge is -1.91. The molecule has 0 saturated carbocycles. The molecule has 0 fully saturated rings. The standard InChI is InChI=1S/C18H9IO2/c19-14-6-3-5-11-13-8-12-10-4-1-2-7-15(10)20-16(12)9-17(13)21-18(11)14/h1-9H. The molecule has 0 radical (unpaired) electrons. The van der Waals surface area contributed by atoms with Crippen LogP contribution in [-0.2, 0) is 0 Å². The first-order valence-corrected chi connectivity index (χ1v) is 7.81. The van der Waals surface area contributed by atoms with Gasteiger partial charge in [-0.3, -0.25) is 0 Å². The number of hydrogen-bond acceptors (Lipinski definition) is 2. The molecule has 0 amide bonds. The van der Waals surface area contributed by atoms with Gasteiger partial charge in [0, 0.05) is 27.6 Å². The van der Waals surface area contributed by atoms with Crippen LogP contribution in [0.2, 0.25) is 0 Å². The topological polar surface area (TPSA) is 26.3 Å². The van der Waals surface area contributed by atoms with Gasteiger partial charge >= 0.3 is 0 Å². The Morgan fingerprint density at radius 2 is 1.38 bits per heavy atom. The number of hydrogen-bond donors (Lipinski definition) is 0. The van der Waals surface area contributed by atoms with Gasteiger partial charge in [0.15, 0.2) is 0 Å². The summed E-state index contributed by atoms with van der Waals surface area (Å²) in [4.78, 5) is 0. The second-order valence-electron chi connectivity index (χ2n) is 5.16. The third-order valence-corrected chi connectivity index (χ3v) is 4.80. The van der Waals surface area contributed by atoms with Crippen LogP contribution in [0, 0.1) is 3.57 Å². The van der Waals surface area contributed by atoms with Crippen LogP contribution in [-0.4, -0.2) is 0 Å². The van der Waals surface area contributed by atoms with Crippen molar-refractivity contribution in [3.8, 4) is 0 Å². The largest absolute Gasteiger partial charge is 0.456 e. The Hall–Kier alpha value is -2.01. The lowest BCUT2D eigenvalue weighted by molar-refractivity contribution is 0.655. The van der Waals surface area contributed by atoms with Crippen molar-refractivity contribution >= 4 is 66.5 Å². The molecule has 0 unspecified atom stereocenters. The minimum Gasteiger partial charge on any atom is -0.456 e. The van der Waals surface area contributed by atoms with E-state index in [1.165, 1.54) is 0 Å². The highest BCUT2D eigenvalue weighted by molar-refractivity contribution is 14.1. The van der Waals surface area contributed by atoms with E-state index < -0.39 is 0 Å². The second-order valence-corrected chi connectivity index (χ2v) is 6.32. The summed E-state index contributed by atoms with van der Waals surface area (Å²) in [5.74, 6) is 0. The fourth-order valence-electron chi connectivity index (χ4n) is 2.98. The van der Waals surface area contributed by atoms with Gasteiger partial charge in [0.1, 0.15) is 22.3 Å². The smallest absolute Gasteiger partial charge is 0.148 e. The molecule has 2 aromatic heterocycles. The van der Waals surface area contributed by atoms with Crippen molar-refractivity contribution in [1.29, 1.82) is 0 Å². The van der Waals surface area contributed by atoms with E-state index in [0.29, 0.717) is 0 Å². The van der Waals surface area contributed by atoms with Crippen LogP contribution >= 0.6 is 22.6 Å². The highest BCUT2D eigenvalue weighted by atomic mass is 127. The Morgan fingerprint density at radius 3 is 2.33 bits per heavy atom. The van der Waals surface area contributed by atoms with Gasteiger partial charge in [-0.1, -0.05) is 30.3 Å². The van der Waals surface area contributed by atoms with Crippen molar-refractivity contribution in [2.45, 2.75) is 0 Å². The van der Waals surface area contributed by atoms with Crippen LogP contribution in [0.5, 0.6) is 0 Å². The average molecular weight is 384 g/mol. The molecule has 2 heterocycles. The predicted octanol–water partition coefficient (Wildman–Crippen LogP) is 6.09. The summed E-state index contributed by atoms with van der Waals surface area (Å²) in [6, 6.07) is 18.5. The van der Waals surface area contributed by atoms with Crippen LogP contribution < -0.4 is 0 Å². The normalized spacial score (nSPS) is 12.0. The van der Waals surface area contributed by atoms with E-state index in [1.807, 2.05) is 24.3 Å². The Labute approximate surface area is 133 Å². The summed E-state index contributed by atoms with van der Waals surface area (Å²) in [7, 11) is 0. The molecule has 5 rings (SSSR count). The van der Waals surface area contributed by atoms with Crippen molar-refractivity contribution in [2.24, 2.45) is 0 Å². The molecule has 0 aliphatic rings. The average Bonchev–Trinajstić information content (AvgIpc) is 3.04. The van der Waals surface area contributed by atoms with Crippen molar-refractivity contribution in [2.75, 3.05) is 0 Å². The molecule has 0 atom stereocenters. The lowest BCUT2D eigenvalue weighted by atomic mass is 10.1. The summed E-state index contributed by atoms with van der Waals surface area (Å²) in [6.45, 7) is 0. The number of halogens is 1. The third-order valence-electron chi connectivity index (χ3n) is 3.95. The monoisotopic (exact) mass is 384 g/mol. The Bertz CT molecular complexity index is 1150. The van der Waals surface area contributed by atoms with E-state index in [1.54, 1.807) is 0 Å². The SMILES string of the molecule is Ic1cccc2c1oc1cc3oc4ccccc4c3cc12. The summed E-state index contributed by atoms with van der Waals surface area (Å²) >= 11 is 2.31. The number of rotatable bonds is 0. The molecule has 2 nitrogen and oxygen atoms in total. The van der Waals surface area contributed by atoms with Gasteiger partial charge < -0.3 is 8.83 Å². The van der Waals surface area contributed by atoms with Gasteiger partial charge in [0.2, 0.25) is 0 Å². The van der Waals surface area contributed by atoms with E-state index in [2.05, 4.69) is 52.9 Å². The summed E-state index contributed by atoms with van der Waals surface area (Å²) in [6.07, 6.45) is 0. The van der Waals surface area contributed by atoms with Gasteiger partial charge in [-0.2, -0.15) is 0 Å². The Kier molecular flexibility index (Phi) is 2.22. The van der Waals surface area contributed by atoms with Crippen LogP contribution in [0.15, 0.2) is 63.4 Å². The third kappa shape index (κ3) is 1.52. The first kappa shape index (κ1) is 11.6. The van der Waals surface area contributed by atoms with Gasteiger partial charge in [-0.05, 0) is 40.8 Å². The van der Waals surface area contributed by atoms with E-state index in [0.717, 1.165) is 47.4 Å². The van der Waals surface area contributed by atoms with Crippen molar-refractivity contribution in [1.82, 2.24) is 0 Å². The Balaban J connectivity index is 2.04. The molecule has 5 aromatic rings. The maximum absolute atomic E-state index is 6.02. The van der Waals surface area contributed by atoms with Crippen LogP contribution in [0.1, 0.15) is 0 Å². The molecular formula is C18H9IO2. The molecule has 0 spiro atoms. The summed E-state index contributed by atoms with van der Waals surface area (Å²) in [5.41, 5.74) is 3.61. The molecular weight excluding hydrogens is 375 g/mol. The molecule has 0 bridgehead atoms. The van der Waals surface area contributed by atoms with E-state index >= 15 is 0 Å². The first-order valence-electron chi connectivity index (χ1n) is 6.73. The zero-order chi connectivity index (χ0) is 14.0. The molecule has 0 saturated heterocycles.